The summed E-state index contributed by atoms with van der Waals surface area (Å²) in [5.41, 5.74) is 1.03. The van der Waals surface area contributed by atoms with Crippen molar-refractivity contribution in [3.8, 4) is 6.07 Å². The van der Waals surface area contributed by atoms with Gasteiger partial charge in [0, 0.05) is 32.1 Å². The molecule has 3 atom stereocenters. The Balaban J connectivity index is 1.47. The summed E-state index contributed by atoms with van der Waals surface area (Å²) in [6, 6.07) is 10.6. The van der Waals surface area contributed by atoms with Gasteiger partial charge in [-0.1, -0.05) is 38.1 Å². The van der Waals surface area contributed by atoms with Crippen LogP contribution in [0.4, 0.5) is 0 Å². The van der Waals surface area contributed by atoms with E-state index in [-0.39, 0.29) is 23.8 Å². The Morgan fingerprint density at radius 1 is 1.17 bits per heavy atom. The third-order valence-electron chi connectivity index (χ3n) is 6.16. The lowest BCUT2D eigenvalue weighted by Crippen LogP contribution is -2.54. The van der Waals surface area contributed by atoms with E-state index in [1.807, 2.05) is 23.1 Å². The molecular weight excluding hydrogens is 380 g/mol. The second-order valence-corrected chi connectivity index (χ2v) is 9.42. The van der Waals surface area contributed by atoms with Gasteiger partial charge in [-0.05, 0) is 30.9 Å². The van der Waals surface area contributed by atoms with Gasteiger partial charge in [0.25, 0.3) is 0 Å². The van der Waals surface area contributed by atoms with Gasteiger partial charge in [0.05, 0.1) is 27.2 Å². The third kappa shape index (κ3) is 4.08. The molecule has 5 nitrogen and oxygen atoms in total. The number of rotatable bonds is 4. The largest absolute Gasteiger partial charge is 0.340 e. The van der Waals surface area contributed by atoms with Gasteiger partial charge in [-0.25, -0.2) is 4.98 Å². The molecule has 0 radical (unpaired) electrons. The van der Waals surface area contributed by atoms with Crippen LogP contribution in [0.25, 0.3) is 10.2 Å². The molecule has 1 aromatic carbocycles. The highest BCUT2D eigenvalue weighted by atomic mass is 32.1. The molecule has 1 aromatic heterocycles. The number of thiazole rings is 1. The van der Waals surface area contributed by atoms with Crippen LogP contribution >= 0.6 is 11.3 Å². The maximum Gasteiger partial charge on any atom is 0.226 e. The molecule has 0 bridgehead atoms. The normalized spacial score (nSPS) is 24.0. The highest BCUT2D eigenvalue weighted by molar-refractivity contribution is 7.18. The number of amides is 1. The lowest BCUT2D eigenvalue weighted by molar-refractivity contribution is -0.138. The molecule has 0 saturated carbocycles. The number of aromatic nitrogens is 1. The van der Waals surface area contributed by atoms with Crippen molar-refractivity contribution in [1.82, 2.24) is 14.8 Å². The van der Waals surface area contributed by atoms with Crippen molar-refractivity contribution in [1.29, 1.82) is 5.26 Å². The van der Waals surface area contributed by atoms with Crippen molar-refractivity contribution in [2.24, 2.45) is 11.8 Å². The quantitative estimate of drug-likeness (QED) is 0.717. The van der Waals surface area contributed by atoms with E-state index >= 15 is 0 Å². The number of carbonyl (C=O) groups excluding carboxylic acids is 1. The fraction of sp³-hybridized carbons (Fsp3) is 0.522. The second kappa shape index (κ2) is 8.64. The Bertz CT molecular complexity index is 903. The van der Waals surface area contributed by atoms with Crippen molar-refractivity contribution in [3.63, 3.8) is 0 Å². The summed E-state index contributed by atoms with van der Waals surface area (Å²) in [6.45, 7) is 7.13. The number of hydrogen-bond acceptors (Lipinski definition) is 5. The van der Waals surface area contributed by atoms with Crippen LogP contribution in [0.1, 0.15) is 37.6 Å². The van der Waals surface area contributed by atoms with Crippen LogP contribution in [0, 0.1) is 23.2 Å². The van der Waals surface area contributed by atoms with Gasteiger partial charge in [0.1, 0.15) is 6.04 Å². The van der Waals surface area contributed by atoms with E-state index in [0.29, 0.717) is 19.0 Å². The molecule has 2 aliphatic rings. The average molecular weight is 409 g/mol. The Labute approximate surface area is 176 Å². The Hall–Kier alpha value is -2.23. The molecule has 1 saturated heterocycles. The number of nitrogens with zero attached hydrogens (tertiary/aromatic N) is 4. The summed E-state index contributed by atoms with van der Waals surface area (Å²) in [7, 11) is 0. The molecule has 0 spiro atoms. The van der Waals surface area contributed by atoms with Gasteiger partial charge in [0.2, 0.25) is 5.91 Å². The van der Waals surface area contributed by atoms with Crippen molar-refractivity contribution in [3.05, 3.63) is 41.4 Å². The van der Waals surface area contributed by atoms with Gasteiger partial charge < -0.3 is 4.90 Å². The van der Waals surface area contributed by atoms with E-state index in [9.17, 15) is 10.1 Å². The van der Waals surface area contributed by atoms with E-state index in [0.717, 1.165) is 36.5 Å². The predicted molar refractivity (Wildman–Crippen MR) is 117 cm³/mol. The summed E-state index contributed by atoms with van der Waals surface area (Å²) >= 11 is 1.72. The molecule has 1 fully saturated rings. The standard InChI is InChI=1S/C23H28N4OS/c1-16(2)20(15-24)26-11-13-27(14-12-26)23(28)18-8-4-3-7-17(18)22-25-19-9-5-6-10-21(19)29-22/h3-6,9-10,16-18,20H,7-8,11-14H2,1-2H3. The van der Waals surface area contributed by atoms with E-state index in [4.69, 9.17) is 4.98 Å². The van der Waals surface area contributed by atoms with Crippen LogP contribution < -0.4 is 0 Å². The first-order valence-corrected chi connectivity index (χ1v) is 11.3. The first-order valence-electron chi connectivity index (χ1n) is 10.5. The molecule has 0 N–H and O–H groups in total. The molecule has 29 heavy (non-hydrogen) atoms. The number of carbonyl (C=O) groups is 1. The number of piperazine rings is 1. The van der Waals surface area contributed by atoms with E-state index in [1.54, 1.807) is 11.3 Å². The maximum atomic E-state index is 13.4. The number of para-hydroxylation sites is 1. The number of allylic oxidation sites excluding steroid dienone is 2. The highest BCUT2D eigenvalue weighted by Crippen LogP contribution is 2.39. The number of nitriles is 1. The first kappa shape index (κ1) is 20.1. The molecule has 2 aromatic rings. The van der Waals surface area contributed by atoms with Crippen LogP contribution in [-0.2, 0) is 4.79 Å². The molecule has 1 aliphatic heterocycles. The molecule has 1 amide bonds. The van der Waals surface area contributed by atoms with Gasteiger partial charge in [-0.15, -0.1) is 11.3 Å². The van der Waals surface area contributed by atoms with Crippen molar-refractivity contribution < 1.29 is 4.79 Å². The lowest BCUT2D eigenvalue weighted by atomic mass is 9.82. The van der Waals surface area contributed by atoms with Crippen LogP contribution in [0.15, 0.2) is 36.4 Å². The maximum absolute atomic E-state index is 13.4. The smallest absolute Gasteiger partial charge is 0.226 e. The number of benzene rings is 1. The van der Waals surface area contributed by atoms with Crippen LogP contribution in [0.5, 0.6) is 0 Å². The molecule has 2 heterocycles. The monoisotopic (exact) mass is 408 g/mol. The van der Waals surface area contributed by atoms with Crippen LogP contribution in [0.2, 0.25) is 0 Å². The van der Waals surface area contributed by atoms with E-state index in [2.05, 4.69) is 43.0 Å². The molecule has 1 aliphatic carbocycles. The molecule has 3 unspecified atom stereocenters. The fourth-order valence-electron chi connectivity index (χ4n) is 4.52. The van der Waals surface area contributed by atoms with Crippen molar-refractivity contribution in [2.75, 3.05) is 26.2 Å². The summed E-state index contributed by atoms with van der Waals surface area (Å²) in [4.78, 5) is 22.5. The molecule has 4 rings (SSSR count). The SMILES string of the molecule is CC(C)C(C#N)N1CCN(C(=O)C2CC=CCC2c2nc3ccccc3s2)CC1. The minimum Gasteiger partial charge on any atom is -0.340 e. The summed E-state index contributed by atoms with van der Waals surface area (Å²) < 4.78 is 1.19. The zero-order chi connectivity index (χ0) is 20.4. The van der Waals surface area contributed by atoms with Crippen molar-refractivity contribution >= 4 is 27.5 Å². The second-order valence-electron chi connectivity index (χ2n) is 8.35. The van der Waals surface area contributed by atoms with Gasteiger partial charge in [0.15, 0.2) is 0 Å². The van der Waals surface area contributed by atoms with Crippen LogP contribution in [0.3, 0.4) is 0 Å². The number of fused-ring (bicyclic) bond motifs is 1. The van der Waals surface area contributed by atoms with Gasteiger partial charge in [-0.2, -0.15) is 5.26 Å². The van der Waals surface area contributed by atoms with Crippen molar-refractivity contribution in [2.45, 2.75) is 38.6 Å². The number of hydrogen-bond donors (Lipinski definition) is 0. The Morgan fingerprint density at radius 2 is 1.90 bits per heavy atom. The Kier molecular flexibility index (Phi) is 5.98. The summed E-state index contributed by atoms with van der Waals surface area (Å²) in [6.07, 6.45) is 6.00. The average Bonchev–Trinajstić information content (AvgIpc) is 3.18. The zero-order valence-corrected chi connectivity index (χ0v) is 17.9. The minimum absolute atomic E-state index is 0.0380. The minimum atomic E-state index is -0.0691. The van der Waals surface area contributed by atoms with E-state index < -0.39 is 0 Å². The van der Waals surface area contributed by atoms with E-state index in [1.165, 1.54) is 4.70 Å². The lowest BCUT2D eigenvalue weighted by Gasteiger charge is -2.40. The fourth-order valence-corrected chi connectivity index (χ4v) is 5.66. The molecule has 6 heteroatoms. The zero-order valence-electron chi connectivity index (χ0n) is 17.1. The Morgan fingerprint density at radius 3 is 2.59 bits per heavy atom. The highest BCUT2D eigenvalue weighted by Gasteiger charge is 2.36. The topological polar surface area (TPSA) is 60.2 Å². The van der Waals surface area contributed by atoms with Crippen LogP contribution in [-0.4, -0.2) is 52.9 Å². The summed E-state index contributed by atoms with van der Waals surface area (Å²) in [5, 5.41) is 10.5. The molecular formula is C23H28N4OS. The third-order valence-corrected chi connectivity index (χ3v) is 7.33. The van der Waals surface area contributed by atoms with Gasteiger partial charge >= 0.3 is 0 Å². The predicted octanol–water partition coefficient (Wildman–Crippen LogP) is 4.04. The molecule has 152 valence electrons. The van der Waals surface area contributed by atoms with Gasteiger partial charge in [-0.3, -0.25) is 9.69 Å². The summed E-state index contributed by atoms with van der Waals surface area (Å²) in [5.74, 6) is 0.667. The first-order chi connectivity index (χ1) is 14.1.